The molecule has 25 heavy (non-hydrogen) atoms. The van der Waals surface area contributed by atoms with Gasteiger partial charge in [-0.05, 0) is 43.7 Å². The van der Waals surface area contributed by atoms with E-state index in [1.165, 1.54) is 6.42 Å². The lowest BCUT2D eigenvalue weighted by molar-refractivity contribution is 0.0933. The molecular weight excluding hydrogens is 318 g/mol. The first kappa shape index (κ1) is 16.0. The summed E-state index contributed by atoms with van der Waals surface area (Å²) >= 11 is 0. The number of carbonyl (C=O) groups is 1. The summed E-state index contributed by atoms with van der Waals surface area (Å²) in [6, 6.07) is 5.89. The third kappa shape index (κ3) is 3.21. The Morgan fingerprint density at radius 2 is 2.28 bits per heavy atom. The zero-order valence-electron chi connectivity index (χ0n) is 14.4. The molecule has 2 aliphatic rings. The van der Waals surface area contributed by atoms with Crippen molar-refractivity contribution in [2.45, 2.75) is 32.1 Å². The molecule has 1 amide bonds. The highest BCUT2D eigenvalue weighted by Crippen LogP contribution is 2.30. The Morgan fingerprint density at radius 3 is 3.16 bits per heavy atom. The largest absolute Gasteiger partial charge is 0.497 e. The molecule has 2 N–H and O–H groups in total. The smallest absolute Gasteiger partial charge is 0.272 e. The van der Waals surface area contributed by atoms with Gasteiger partial charge in [-0.25, -0.2) is 0 Å². The van der Waals surface area contributed by atoms with Crippen LogP contribution in [0, 0.1) is 5.92 Å². The van der Waals surface area contributed by atoms with Crippen LogP contribution >= 0.6 is 0 Å². The number of amides is 1. The number of nitrogens with zero attached hydrogens (tertiary/aromatic N) is 1. The number of H-pyrrole nitrogens is 1. The molecule has 1 aliphatic carbocycles. The maximum absolute atomic E-state index is 12.5. The number of aromatic amines is 1. The number of fused-ring (bicyclic) bond motifs is 2. The number of carbonyl (C=O) groups excluding carboxylic acids is 1. The van der Waals surface area contributed by atoms with Crippen LogP contribution in [0.25, 0.3) is 0 Å². The fraction of sp³-hybridized carbons (Fsp3) is 0.474. The maximum Gasteiger partial charge on any atom is 0.272 e. The van der Waals surface area contributed by atoms with Gasteiger partial charge in [0.05, 0.1) is 13.7 Å². The van der Waals surface area contributed by atoms with Crippen LogP contribution in [0.3, 0.4) is 0 Å². The van der Waals surface area contributed by atoms with Crippen molar-refractivity contribution in [3.63, 3.8) is 0 Å². The van der Waals surface area contributed by atoms with E-state index in [4.69, 9.17) is 9.47 Å². The van der Waals surface area contributed by atoms with Crippen molar-refractivity contribution in [1.29, 1.82) is 0 Å². The first-order valence-corrected chi connectivity index (χ1v) is 8.88. The van der Waals surface area contributed by atoms with Crippen molar-refractivity contribution in [2.24, 2.45) is 5.92 Å². The van der Waals surface area contributed by atoms with Gasteiger partial charge in [-0.2, -0.15) is 5.10 Å². The van der Waals surface area contributed by atoms with Crippen LogP contribution in [-0.4, -0.2) is 36.4 Å². The Morgan fingerprint density at radius 1 is 1.40 bits per heavy atom. The van der Waals surface area contributed by atoms with Gasteiger partial charge in [0.2, 0.25) is 0 Å². The minimum absolute atomic E-state index is 0.0834. The third-order valence-corrected chi connectivity index (χ3v) is 5.08. The van der Waals surface area contributed by atoms with Crippen LogP contribution in [0.2, 0.25) is 0 Å². The number of benzene rings is 1. The summed E-state index contributed by atoms with van der Waals surface area (Å²) in [6.45, 7) is 1.19. The average molecular weight is 341 g/mol. The Labute approximate surface area is 146 Å². The number of hydrogen-bond donors (Lipinski definition) is 2. The standard InChI is InChI=1S/C19H23N3O3/c1-24-14-7-6-13-8-12(11-25-17(13)9-14)10-20-19(23)18-15-4-2-3-5-16(15)21-22-18/h6-7,9,12H,2-5,8,10-11H2,1H3,(H,20,23)(H,21,22)/t12-/m0/s1. The van der Waals surface area contributed by atoms with E-state index in [1.807, 2.05) is 18.2 Å². The Hall–Kier alpha value is -2.50. The molecule has 132 valence electrons. The molecule has 6 heteroatoms. The number of rotatable bonds is 4. The van der Waals surface area contributed by atoms with Crippen LogP contribution in [0.1, 0.15) is 40.2 Å². The van der Waals surface area contributed by atoms with Crippen LogP contribution in [0.4, 0.5) is 0 Å². The summed E-state index contributed by atoms with van der Waals surface area (Å²) in [6.07, 6.45) is 5.12. The molecule has 6 nitrogen and oxygen atoms in total. The summed E-state index contributed by atoms with van der Waals surface area (Å²) in [5, 5.41) is 10.3. The van der Waals surface area contributed by atoms with Crippen molar-refractivity contribution in [3.05, 3.63) is 40.7 Å². The molecule has 1 aliphatic heterocycles. The fourth-order valence-electron chi connectivity index (χ4n) is 3.66. The molecule has 0 bridgehead atoms. The highest BCUT2D eigenvalue weighted by atomic mass is 16.5. The molecular formula is C19H23N3O3. The molecule has 0 unspecified atom stereocenters. The first-order chi connectivity index (χ1) is 12.2. The second kappa shape index (κ2) is 6.78. The van der Waals surface area contributed by atoms with E-state index in [0.29, 0.717) is 18.8 Å². The molecule has 0 fully saturated rings. The summed E-state index contributed by atoms with van der Waals surface area (Å²) in [5.41, 5.74) is 3.95. The molecule has 0 saturated carbocycles. The van der Waals surface area contributed by atoms with Gasteiger partial charge in [-0.1, -0.05) is 6.07 Å². The van der Waals surface area contributed by atoms with Crippen molar-refractivity contribution < 1.29 is 14.3 Å². The Bertz CT molecular complexity index is 784. The number of nitrogens with one attached hydrogen (secondary N) is 2. The van der Waals surface area contributed by atoms with Crippen molar-refractivity contribution in [1.82, 2.24) is 15.5 Å². The molecule has 4 rings (SSSR count). The van der Waals surface area contributed by atoms with Crippen LogP contribution in [0.15, 0.2) is 18.2 Å². The third-order valence-electron chi connectivity index (χ3n) is 5.08. The lowest BCUT2D eigenvalue weighted by atomic mass is 9.95. The average Bonchev–Trinajstić information content (AvgIpc) is 3.09. The summed E-state index contributed by atoms with van der Waals surface area (Å²) in [4.78, 5) is 12.5. The summed E-state index contributed by atoms with van der Waals surface area (Å²) in [5.74, 6) is 1.86. The zero-order valence-corrected chi connectivity index (χ0v) is 14.4. The highest BCUT2D eigenvalue weighted by Gasteiger charge is 2.24. The second-order valence-corrected chi connectivity index (χ2v) is 6.80. The predicted molar refractivity (Wildman–Crippen MR) is 93.2 cm³/mol. The monoisotopic (exact) mass is 341 g/mol. The molecule has 2 heterocycles. The number of methoxy groups -OCH3 is 1. The van der Waals surface area contributed by atoms with E-state index in [9.17, 15) is 4.79 Å². The molecule has 1 atom stereocenters. The number of ether oxygens (including phenoxy) is 2. The van der Waals surface area contributed by atoms with Gasteiger partial charge in [-0.3, -0.25) is 9.89 Å². The quantitative estimate of drug-likeness (QED) is 0.894. The lowest BCUT2D eigenvalue weighted by Gasteiger charge is -2.25. The molecule has 2 aromatic rings. The SMILES string of the molecule is COc1ccc2c(c1)OC[C@H](CNC(=O)c1n[nH]c3c1CCCC3)C2. The molecule has 1 aromatic carbocycles. The van der Waals surface area contributed by atoms with E-state index >= 15 is 0 Å². The maximum atomic E-state index is 12.5. The van der Waals surface area contributed by atoms with E-state index in [2.05, 4.69) is 15.5 Å². The van der Waals surface area contributed by atoms with Gasteiger partial charge in [0, 0.05) is 29.8 Å². The fourth-order valence-corrected chi connectivity index (χ4v) is 3.66. The Kier molecular flexibility index (Phi) is 4.34. The first-order valence-electron chi connectivity index (χ1n) is 8.88. The predicted octanol–water partition coefficient (Wildman–Crippen LogP) is 2.28. The highest BCUT2D eigenvalue weighted by molar-refractivity contribution is 5.94. The van der Waals surface area contributed by atoms with E-state index < -0.39 is 0 Å². The lowest BCUT2D eigenvalue weighted by Crippen LogP contribution is -2.35. The number of aromatic nitrogens is 2. The van der Waals surface area contributed by atoms with Crippen LogP contribution < -0.4 is 14.8 Å². The van der Waals surface area contributed by atoms with E-state index in [-0.39, 0.29) is 11.8 Å². The van der Waals surface area contributed by atoms with Gasteiger partial charge in [0.15, 0.2) is 5.69 Å². The minimum atomic E-state index is -0.0834. The summed E-state index contributed by atoms with van der Waals surface area (Å²) in [7, 11) is 1.65. The normalized spacial score (nSPS) is 18.7. The molecule has 0 radical (unpaired) electrons. The van der Waals surface area contributed by atoms with Gasteiger partial charge in [0.1, 0.15) is 11.5 Å². The second-order valence-electron chi connectivity index (χ2n) is 6.80. The van der Waals surface area contributed by atoms with Gasteiger partial charge >= 0.3 is 0 Å². The van der Waals surface area contributed by atoms with Crippen molar-refractivity contribution in [3.8, 4) is 11.5 Å². The summed E-state index contributed by atoms with van der Waals surface area (Å²) < 4.78 is 11.1. The van der Waals surface area contributed by atoms with Gasteiger partial charge < -0.3 is 14.8 Å². The van der Waals surface area contributed by atoms with Crippen LogP contribution in [-0.2, 0) is 19.3 Å². The zero-order chi connectivity index (χ0) is 17.2. The number of aryl methyl sites for hydroxylation is 1. The minimum Gasteiger partial charge on any atom is -0.497 e. The van der Waals surface area contributed by atoms with Crippen molar-refractivity contribution >= 4 is 5.91 Å². The molecule has 1 aromatic heterocycles. The molecule has 0 saturated heterocycles. The van der Waals surface area contributed by atoms with E-state index in [1.54, 1.807) is 7.11 Å². The Balaban J connectivity index is 1.37. The van der Waals surface area contributed by atoms with Crippen LogP contribution in [0.5, 0.6) is 11.5 Å². The van der Waals surface area contributed by atoms with Gasteiger partial charge in [-0.15, -0.1) is 0 Å². The van der Waals surface area contributed by atoms with E-state index in [0.717, 1.165) is 54.0 Å². The van der Waals surface area contributed by atoms with Crippen molar-refractivity contribution in [2.75, 3.05) is 20.3 Å². The topological polar surface area (TPSA) is 76.2 Å². The molecule has 0 spiro atoms. The number of hydrogen-bond acceptors (Lipinski definition) is 4. The van der Waals surface area contributed by atoms with Gasteiger partial charge in [0.25, 0.3) is 5.91 Å².